The van der Waals surface area contributed by atoms with Gasteiger partial charge in [-0.05, 0) is 61.7 Å². The molecule has 0 unspecified atom stereocenters. The summed E-state index contributed by atoms with van der Waals surface area (Å²) >= 11 is 6.14. The van der Waals surface area contributed by atoms with E-state index < -0.39 is 17.6 Å². The minimum absolute atomic E-state index is 0.0839. The van der Waals surface area contributed by atoms with Crippen molar-refractivity contribution < 1.29 is 14.0 Å². The molecule has 31 heavy (non-hydrogen) atoms. The Hall–Kier alpha value is -3.44. The SMILES string of the molecule is Cc1ccc(C2=C(Nc3cc(Cl)ccc3C)C(=O)N(c3ccccc3F)C2=O)c(C)c1. The average molecular weight is 435 g/mol. The van der Waals surface area contributed by atoms with Crippen LogP contribution in [-0.2, 0) is 9.59 Å². The summed E-state index contributed by atoms with van der Waals surface area (Å²) < 4.78 is 14.5. The molecule has 0 saturated heterocycles. The molecule has 156 valence electrons. The van der Waals surface area contributed by atoms with Crippen molar-refractivity contribution in [3.05, 3.63) is 99.5 Å². The van der Waals surface area contributed by atoms with Crippen LogP contribution in [0.15, 0.2) is 66.4 Å². The number of hydrogen-bond acceptors (Lipinski definition) is 3. The molecule has 0 bridgehead atoms. The Bertz CT molecular complexity index is 1270. The van der Waals surface area contributed by atoms with Crippen LogP contribution < -0.4 is 10.2 Å². The van der Waals surface area contributed by atoms with E-state index in [2.05, 4.69) is 5.32 Å². The van der Waals surface area contributed by atoms with Gasteiger partial charge in [-0.2, -0.15) is 0 Å². The third-order valence-electron chi connectivity index (χ3n) is 5.29. The number of nitrogens with one attached hydrogen (secondary N) is 1. The summed E-state index contributed by atoms with van der Waals surface area (Å²) in [5, 5.41) is 3.59. The fourth-order valence-corrected chi connectivity index (χ4v) is 3.88. The topological polar surface area (TPSA) is 49.4 Å². The van der Waals surface area contributed by atoms with Crippen molar-refractivity contribution in [1.29, 1.82) is 0 Å². The minimum Gasteiger partial charge on any atom is -0.350 e. The van der Waals surface area contributed by atoms with Crippen molar-refractivity contribution in [2.45, 2.75) is 20.8 Å². The van der Waals surface area contributed by atoms with E-state index >= 15 is 0 Å². The van der Waals surface area contributed by atoms with Crippen LogP contribution >= 0.6 is 11.6 Å². The number of carbonyl (C=O) groups is 2. The second-order valence-electron chi connectivity index (χ2n) is 7.55. The van der Waals surface area contributed by atoms with Gasteiger partial charge in [-0.25, -0.2) is 9.29 Å². The number of rotatable bonds is 4. The molecule has 0 spiro atoms. The lowest BCUT2D eigenvalue weighted by molar-refractivity contribution is -0.120. The van der Waals surface area contributed by atoms with E-state index in [9.17, 15) is 14.0 Å². The number of halogens is 2. The van der Waals surface area contributed by atoms with Crippen molar-refractivity contribution in [3.8, 4) is 0 Å². The average Bonchev–Trinajstić information content (AvgIpc) is 2.95. The number of anilines is 2. The van der Waals surface area contributed by atoms with E-state index in [1.807, 2.05) is 45.0 Å². The van der Waals surface area contributed by atoms with E-state index in [-0.39, 0.29) is 17.0 Å². The first-order chi connectivity index (χ1) is 14.8. The van der Waals surface area contributed by atoms with Gasteiger partial charge in [-0.3, -0.25) is 9.59 Å². The number of carbonyl (C=O) groups excluding carboxylic acids is 2. The third-order valence-corrected chi connectivity index (χ3v) is 5.52. The van der Waals surface area contributed by atoms with Gasteiger partial charge in [0.1, 0.15) is 11.5 Å². The maximum atomic E-state index is 14.5. The summed E-state index contributed by atoms with van der Waals surface area (Å²) in [6.45, 7) is 5.69. The highest BCUT2D eigenvalue weighted by Crippen LogP contribution is 2.36. The Morgan fingerprint density at radius 3 is 2.32 bits per heavy atom. The lowest BCUT2D eigenvalue weighted by Gasteiger charge is -2.16. The molecule has 4 nitrogen and oxygen atoms in total. The maximum Gasteiger partial charge on any atom is 0.282 e. The molecule has 6 heteroatoms. The number of nitrogens with zero attached hydrogens (tertiary/aromatic N) is 1. The minimum atomic E-state index is -0.649. The molecule has 3 aromatic carbocycles. The predicted molar refractivity (Wildman–Crippen MR) is 122 cm³/mol. The highest BCUT2D eigenvalue weighted by atomic mass is 35.5. The van der Waals surface area contributed by atoms with Gasteiger partial charge in [0.2, 0.25) is 0 Å². The van der Waals surface area contributed by atoms with Crippen molar-refractivity contribution in [1.82, 2.24) is 0 Å². The Balaban J connectivity index is 1.91. The smallest absolute Gasteiger partial charge is 0.282 e. The third kappa shape index (κ3) is 3.73. The van der Waals surface area contributed by atoms with Gasteiger partial charge < -0.3 is 5.32 Å². The Labute approximate surface area is 185 Å². The molecule has 1 aliphatic rings. The summed E-state index contributed by atoms with van der Waals surface area (Å²) in [5.41, 5.74) is 4.14. The first-order valence-electron chi connectivity index (χ1n) is 9.76. The first-order valence-corrected chi connectivity index (χ1v) is 10.1. The molecule has 4 rings (SSSR count). The molecular weight excluding hydrogens is 415 g/mol. The number of benzene rings is 3. The number of hydrogen-bond donors (Lipinski definition) is 1. The molecule has 1 aliphatic heterocycles. The Kier molecular flexibility index (Phi) is 5.38. The Morgan fingerprint density at radius 1 is 0.871 bits per heavy atom. The number of amides is 2. The van der Waals surface area contributed by atoms with Crippen LogP contribution in [0.1, 0.15) is 22.3 Å². The predicted octanol–water partition coefficient (Wildman–Crippen LogP) is 5.80. The first kappa shape index (κ1) is 20.8. The largest absolute Gasteiger partial charge is 0.350 e. The van der Waals surface area contributed by atoms with Crippen molar-refractivity contribution in [2.75, 3.05) is 10.2 Å². The Morgan fingerprint density at radius 2 is 1.61 bits per heavy atom. The molecular formula is C25H20ClFN2O2. The fourth-order valence-electron chi connectivity index (χ4n) is 3.71. The monoisotopic (exact) mass is 434 g/mol. The highest BCUT2D eigenvalue weighted by molar-refractivity contribution is 6.46. The summed E-state index contributed by atoms with van der Waals surface area (Å²) in [5.74, 6) is -1.85. The van der Waals surface area contributed by atoms with Gasteiger partial charge in [0.05, 0.1) is 11.3 Å². The van der Waals surface area contributed by atoms with E-state index in [0.29, 0.717) is 16.3 Å². The van der Waals surface area contributed by atoms with Crippen molar-refractivity contribution >= 4 is 40.4 Å². The molecule has 0 atom stereocenters. The van der Waals surface area contributed by atoms with Crippen LogP contribution in [0.3, 0.4) is 0 Å². The van der Waals surface area contributed by atoms with Crippen LogP contribution in [0.2, 0.25) is 5.02 Å². The van der Waals surface area contributed by atoms with E-state index in [1.54, 1.807) is 18.2 Å². The second-order valence-corrected chi connectivity index (χ2v) is 7.99. The molecule has 0 aliphatic carbocycles. The molecule has 0 radical (unpaired) electrons. The molecule has 0 saturated carbocycles. The molecule has 1 heterocycles. The zero-order valence-electron chi connectivity index (χ0n) is 17.3. The van der Waals surface area contributed by atoms with Crippen molar-refractivity contribution in [3.63, 3.8) is 0 Å². The van der Waals surface area contributed by atoms with Gasteiger partial charge in [-0.15, -0.1) is 0 Å². The van der Waals surface area contributed by atoms with Crippen LogP contribution in [0.4, 0.5) is 15.8 Å². The van der Waals surface area contributed by atoms with Crippen LogP contribution in [0.25, 0.3) is 5.57 Å². The standard InChI is InChI=1S/C25H20ClFN2O2/c1-14-8-11-18(16(3)12-14)22-23(28-20-13-17(26)10-9-15(20)2)25(31)29(24(22)30)21-7-5-4-6-19(21)27/h4-13,28H,1-3H3. The van der Waals surface area contributed by atoms with E-state index in [4.69, 9.17) is 11.6 Å². The molecule has 0 fully saturated rings. The molecule has 1 N–H and O–H groups in total. The van der Waals surface area contributed by atoms with Crippen molar-refractivity contribution in [2.24, 2.45) is 0 Å². The molecule has 2 amide bonds. The number of aryl methyl sites for hydroxylation is 3. The van der Waals surface area contributed by atoms with Gasteiger partial charge in [0.15, 0.2) is 0 Å². The van der Waals surface area contributed by atoms with Crippen LogP contribution in [-0.4, -0.2) is 11.8 Å². The quantitative estimate of drug-likeness (QED) is 0.528. The maximum absolute atomic E-state index is 14.5. The summed E-state index contributed by atoms with van der Waals surface area (Å²) in [4.78, 5) is 27.8. The van der Waals surface area contributed by atoms with Gasteiger partial charge >= 0.3 is 0 Å². The fraction of sp³-hybridized carbons (Fsp3) is 0.120. The number of imide groups is 1. The lowest BCUT2D eigenvalue weighted by Crippen LogP contribution is -2.33. The lowest BCUT2D eigenvalue weighted by atomic mass is 9.97. The summed E-state index contributed by atoms with van der Waals surface area (Å²) in [6.07, 6.45) is 0. The summed E-state index contributed by atoms with van der Waals surface area (Å²) in [7, 11) is 0. The molecule has 0 aromatic heterocycles. The van der Waals surface area contributed by atoms with Gasteiger partial charge in [0, 0.05) is 10.7 Å². The van der Waals surface area contributed by atoms with E-state index in [1.165, 1.54) is 18.2 Å². The number of para-hydroxylation sites is 1. The zero-order valence-corrected chi connectivity index (χ0v) is 18.0. The molecule has 3 aromatic rings. The summed E-state index contributed by atoms with van der Waals surface area (Å²) in [6, 6.07) is 16.6. The van der Waals surface area contributed by atoms with Gasteiger partial charge in [0.25, 0.3) is 11.8 Å². The highest BCUT2D eigenvalue weighted by Gasteiger charge is 2.41. The van der Waals surface area contributed by atoms with Crippen LogP contribution in [0, 0.1) is 26.6 Å². The van der Waals surface area contributed by atoms with Crippen LogP contribution in [0.5, 0.6) is 0 Å². The van der Waals surface area contributed by atoms with E-state index in [0.717, 1.165) is 21.6 Å². The second kappa shape index (κ2) is 8.00. The van der Waals surface area contributed by atoms with Gasteiger partial charge in [-0.1, -0.05) is 53.6 Å². The normalized spacial score (nSPS) is 13.9. The zero-order chi connectivity index (χ0) is 22.3.